The molecule has 0 N–H and O–H groups in total. The minimum atomic E-state index is -0.551. The molecule has 3 nitrogen and oxygen atoms in total. The van der Waals surface area contributed by atoms with Gasteiger partial charge < -0.3 is 9.64 Å². The highest BCUT2D eigenvalue weighted by Gasteiger charge is 2.27. The van der Waals surface area contributed by atoms with Crippen molar-refractivity contribution in [3.8, 4) is 5.75 Å². The average molecular weight is 316 g/mol. The Morgan fingerprint density at radius 3 is 2.86 bits per heavy atom. The van der Waals surface area contributed by atoms with Crippen LogP contribution in [0.5, 0.6) is 5.75 Å². The second kappa shape index (κ2) is 6.41. The predicted octanol–water partition coefficient (Wildman–Crippen LogP) is 4.09. The molecule has 0 aliphatic carbocycles. The molecular weight excluding hydrogens is 298 g/mol. The van der Waals surface area contributed by atoms with Crippen molar-refractivity contribution in [1.82, 2.24) is 0 Å². The number of para-hydroxylation sites is 1. The van der Waals surface area contributed by atoms with Gasteiger partial charge in [0.15, 0.2) is 6.10 Å². The van der Waals surface area contributed by atoms with Gasteiger partial charge in [-0.05, 0) is 49.6 Å². The molecule has 0 saturated carbocycles. The standard InChI is InChI=1S/C18H18ClNO2/c1-13(22-16-9-4-8-15(19)12-16)18(21)20-11-5-7-14-6-2-3-10-17(14)20/h2-4,6,8-10,12-13H,5,7,11H2,1H3/t13-/m0/s1. The van der Waals surface area contributed by atoms with E-state index in [1.165, 1.54) is 5.56 Å². The van der Waals surface area contributed by atoms with Crippen molar-refractivity contribution < 1.29 is 9.53 Å². The first-order valence-electron chi connectivity index (χ1n) is 7.46. The van der Waals surface area contributed by atoms with Crippen LogP contribution in [0.3, 0.4) is 0 Å². The van der Waals surface area contributed by atoms with E-state index < -0.39 is 6.10 Å². The molecule has 2 aromatic rings. The molecule has 0 bridgehead atoms. The maximum Gasteiger partial charge on any atom is 0.267 e. The minimum Gasteiger partial charge on any atom is -0.481 e. The van der Waals surface area contributed by atoms with Crippen molar-refractivity contribution in [2.24, 2.45) is 0 Å². The van der Waals surface area contributed by atoms with E-state index in [0.717, 1.165) is 25.1 Å². The van der Waals surface area contributed by atoms with E-state index in [1.54, 1.807) is 25.1 Å². The first-order valence-corrected chi connectivity index (χ1v) is 7.84. The molecule has 114 valence electrons. The molecule has 1 heterocycles. The molecule has 22 heavy (non-hydrogen) atoms. The van der Waals surface area contributed by atoms with E-state index in [4.69, 9.17) is 16.3 Å². The third-order valence-corrected chi connectivity index (χ3v) is 4.07. The maximum atomic E-state index is 12.7. The third-order valence-electron chi connectivity index (χ3n) is 3.83. The number of benzene rings is 2. The van der Waals surface area contributed by atoms with Crippen molar-refractivity contribution in [2.45, 2.75) is 25.9 Å². The molecule has 1 atom stereocenters. The van der Waals surface area contributed by atoms with Gasteiger partial charge in [0.05, 0.1) is 0 Å². The lowest BCUT2D eigenvalue weighted by Gasteiger charge is -2.31. The smallest absolute Gasteiger partial charge is 0.267 e. The van der Waals surface area contributed by atoms with Crippen molar-refractivity contribution in [3.63, 3.8) is 0 Å². The van der Waals surface area contributed by atoms with E-state index in [-0.39, 0.29) is 5.91 Å². The zero-order valence-corrected chi connectivity index (χ0v) is 13.2. The predicted molar refractivity (Wildman–Crippen MR) is 88.7 cm³/mol. The zero-order chi connectivity index (χ0) is 15.5. The summed E-state index contributed by atoms with van der Waals surface area (Å²) in [4.78, 5) is 14.5. The number of halogens is 1. The monoisotopic (exact) mass is 315 g/mol. The highest BCUT2D eigenvalue weighted by Crippen LogP contribution is 2.28. The number of hydrogen-bond donors (Lipinski definition) is 0. The first kappa shape index (κ1) is 14.9. The van der Waals surface area contributed by atoms with Crippen LogP contribution in [0.2, 0.25) is 5.02 Å². The molecule has 0 aromatic heterocycles. The summed E-state index contributed by atoms with van der Waals surface area (Å²) in [6.07, 6.45) is 1.44. The van der Waals surface area contributed by atoms with Gasteiger partial charge in [-0.25, -0.2) is 0 Å². The fourth-order valence-corrected chi connectivity index (χ4v) is 2.96. The number of nitrogens with zero attached hydrogens (tertiary/aromatic N) is 1. The fourth-order valence-electron chi connectivity index (χ4n) is 2.78. The van der Waals surface area contributed by atoms with Crippen LogP contribution in [0.4, 0.5) is 5.69 Å². The Hall–Kier alpha value is -2.00. The Balaban J connectivity index is 1.77. The summed E-state index contributed by atoms with van der Waals surface area (Å²) < 4.78 is 5.75. The van der Waals surface area contributed by atoms with Crippen LogP contribution >= 0.6 is 11.6 Å². The SMILES string of the molecule is C[C@H](Oc1cccc(Cl)c1)C(=O)N1CCCc2ccccc21. The maximum absolute atomic E-state index is 12.7. The third kappa shape index (κ3) is 3.09. The number of amides is 1. The number of aryl methyl sites for hydroxylation is 1. The summed E-state index contributed by atoms with van der Waals surface area (Å²) in [6, 6.07) is 15.2. The molecular formula is C18H18ClNO2. The topological polar surface area (TPSA) is 29.5 Å². The van der Waals surface area contributed by atoms with Crippen molar-refractivity contribution >= 4 is 23.2 Å². The van der Waals surface area contributed by atoms with Crippen LogP contribution in [-0.2, 0) is 11.2 Å². The van der Waals surface area contributed by atoms with Gasteiger partial charge in [-0.2, -0.15) is 0 Å². The van der Waals surface area contributed by atoms with E-state index >= 15 is 0 Å². The van der Waals surface area contributed by atoms with Crippen LogP contribution in [0, 0.1) is 0 Å². The van der Waals surface area contributed by atoms with Crippen molar-refractivity contribution in [3.05, 3.63) is 59.1 Å². The molecule has 1 amide bonds. The molecule has 1 aliphatic heterocycles. The molecule has 0 saturated heterocycles. The van der Waals surface area contributed by atoms with Crippen molar-refractivity contribution in [2.75, 3.05) is 11.4 Å². The Morgan fingerprint density at radius 1 is 1.23 bits per heavy atom. The highest BCUT2D eigenvalue weighted by atomic mass is 35.5. The average Bonchev–Trinajstić information content (AvgIpc) is 2.53. The Bertz CT molecular complexity index is 686. The highest BCUT2D eigenvalue weighted by molar-refractivity contribution is 6.30. The van der Waals surface area contributed by atoms with E-state index in [0.29, 0.717) is 10.8 Å². The molecule has 4 heteroatoms. The number of fused-ring (bicyclic) bond motifs is 1. The summed E-state index contributed by atoms with van der Waals surface area (Å²) in [6.45, 7) is 2.51. The zero-order valence-electron chi connectivity index (χ0n) is 12.5. The van der Waals surface area contributed by atoms with Gasteiger partial charge in [0.1, 0.15) is 5.75 Å². The normalized spacial score (nSPS) is 15.1. The van der Waals surface area contributed by atoms with Gasteiger partial charge in [-0.15, -0.1) is 0 Å². The second-order valence-electron chi connectivity index (χ2n) is 5.44. The lowest BCUT2D eigenvalue weighted by atomic mass is 10.0. The fraction of sp³-hybridized carbons (Fsp3) is 0.278. The Morgan fingerprint density at radius 2 is 2.05 bits per heavy atom. The Kier molecular flexibility index (Phi) is 4.34. The van der Waals surface area contributed by atoms with Crippen molar-refractivity contribution in [1.29, 1.82) is 0 Å². The largest absolute Gasteiger partial charge is 0.481 e. The van der Waals surface area contributed by atoms with Gasteiger partial charge in [0.2, 0.25) is 0 Å². The quantitative estimate of drug-likeness (QED) is 0.854. The van der Waals surface area contributed by atoms with Crippen LogP contribution in [0.15, 0.2) is 48.5 Å². The number of hydrogen-bond acceptors (Lipinski definition) is 2. The van der Waals surface area contributed by atoms with Crippen LogP contribution in [0.25, 0.3) is 0 Å². The second-order valence-corrected chi connectivity index (χ2v) is 5.88. The molecule has 2 aromatic carbocycles. The van der Waals surface area contributed by atoms with Crippen LogP contribution < -0.4 is 9.64 Å². The molecule has 0 radical (unpaired) electrons. The summed E-state index contributed by atoms with van der Waals surface area (Å²) >= 11 is 5.95. The van der Waals surface area contributed by atoms with Gasteiger partial charge in [0, 0.05) is 17.3 Å². The number of anilines is 1. The summed E-state index contributed by atoms with van der Waals surface area (Å²) in [7, 11) is 0. The number of carbonyl (C=O) groups excluding carboxylic acids is 1. The van der Waals surface area contributed by atoms with Gasteiger partial charge >= 0.3 is 0 Å². The molecule has 0 spiro atoms. The summed E-state index contributed by atoms with van der Waals surface area (Å²) in [5.74, 6) is 0.589. The minimum absolute atomic E-state index is 0.0212. The van der Waals surface area contributed by atoms with Gasteiger partial charge in [-0.3, -0.25) is 4.79 Å². The Labute approximate surface area is 135 Å². The molecule has 3 rings (SSSR count). The van der Waals surface area contributed by atoms with Crippen LogP contribution in [-0.4, -0.2) is 18.6 Å². The number of carbonyl (C=O) groups is 1. The van der Waals surface area contributed by atoms with Gasteiger partial charge in [-0.1, -0.05) is 35.9 Å². The van der Waals surface area contributed by atoms with E-state index in [2.05, 4.69) is 6.07 Å². The van der Waals surface area contributed by atoms with E-state index in [9.17, 15) is 4.79 Å². The number of ether oxygens (including phenoxy) is 1. The lowest BCUT2D eigenvalue weighted by molar-refractivity contribution is -0.124. The lowest BCUT2D eigenvalue weighted by Crippen LogP contribution is -2.43. The molecule has 0 unspecified atom stereocenters. The summed E-state index contributed by atoms with van der Waals surface area (Å²) in [5.41, 5.74) is 2.22. The van der Waals surface area contributed by atoms with Gasteiger partial charge in [0.25, 0.3) is 5.91 Å². The number of rotatable bonds is 3. The molecule has 1 aliphatic rings. The summed E-state index contributed by atoms with van der Waals surface area (Å²) in [5, 5.41) is 0.598. The van der Waals surface area contributed by atoms with Crippen LogP contribution in [0.1, 0.15) is 18.9 Å². The first-order chi connectivity index (χ1) is 10.6. The molecule has 0 fully saturated rings. The van der Waals surface area contributed by atoms with E-state index in [1.807, 2.05) is 29.2 Å².